The highest BCUT2D eigenvalue weighted by atomic mass is 16.5. The van der Waals surface area contributed by atoms with E-state index < -0.39 is 0 Å². The number of hydrogen-bond donors (Lipinski definition) is 2. The Kier molecular flexibility index (Phi) is 5.29. The molecule has 2 rings (SSSR count). The molecule has 0 aliphatic rings. The van der Waals surface area contributed by atoms with E-state index in [0.29, 0.717) is 12.2 Å². The predicted molar refractivity (Wildman–Crippen MR) is 83.5 cm³/mol. The fourth-order valence-corrected chi connectivity index (χ4v) is 1.93. The van der Waals surface area contributed by atoms with Crippen LogP contribution in [0, 0.1) is 0 Å². The van der Waals surface area contributed by atoms with Crippen LogP contribution in [0.15, 0.2) is 42.6 Å². The van der Waals surface area contributed by atoms with Gasteiger partial charge in [0.25, 0.3) is 5.91 Å². The van der Waals surface area contributed by atoms with Gasteiger partial charge >= 0.3 is 0 Å². The highest BCUT2D eigenvalue weighted by Gasteiger charge is 2.09. The number of carbonyl (C=O) groups excluding carboxylic acids is 1. The molecular weight excluding hydrogens is 266 g/mol. The fourth-order valence-electron chi connectivity index (χ4n) is 1.93. The third-order valence-electron chi connectivity index (χ3n) is 2.95. The molecule has 21 heavy (non-hydrogen) atoms. The van der Waals surface area contributed by atoms with Crippen molar-refractivity contribution in [1.29, 1.82) is 0 Å². The van der Waals surface area contributed by atoms with Crippen LogP contribution in [0.1, 0.15) is 22.8 Å². The number of carbonyl (C=O) groups is 1. The summed E-state index contributed by atoms with van der Waals surface area (Å²) < 4.78 is 5.13. The normalized spacial score (nSPS) is 10.2. The second-order valence-corrected chi connectivity index (χ2v) is 4.51. The minimum atomic E-state index is -0.186. The molecule has 0 fully saturated rings. The first-order valence-corrected chi connectivity index (χ1v) is 6.82. The Balaban J connectivity index is 2.10. The number of ether oxygens (including phenoxy) is 1. The van der Waals surface area contributed by atoms with Crippen LogP contribution >= 0.6 is 0 Å². The number of benzene rings is 1. The van der Waals surface area contributed by atoms with Crippen LogP contribution in [0.25, 0.3) is 0 Å². The smallest absolute Gasteiger partial charge is 0.257 e. The number of nitrogens with zero attached hydrogens (tertiary/aromatic N) is 1. The second kappa shape index (κ2) is 7.40. The molecule has 0 aliphatic carbocycles. The Hall–Kier alpha value is -2.40. The van der Waals surface area contributed by atoms with Gasteiger partial charge in [0.15, 0.2) is 0 Å². The lowest BCUT2D eigenvalue weighted by molar-refractivity contribution is 0.102. The number of rotatable bonds is 6. The third-order valence-corrected chi connectivity index (χ3v) is 2.95. The summed E-state index contributed by atoms with van der Waals surface area (Å²) in [5.41, 5.74) is 2.20. The number of nitrogens with one attached hydrogen (secondary N) is 2. The fraction of sp³-hybridized carbons (Fsp3) is 0.250. The molecule has 1 heterocycles. The zero-order chi connectivity index (χ0) is 15.1. The minimum Gasteiger partial charge on any atom is -0.380 e. The SMILES string of the molecule is CCNc1ccc(C(=O)Nc2ccccc2COC)cn1. The molecule has 1 aromatic heterocycles. The van der Waals surface area contributed by atoms with E-state index in [1.54, 1.807) is 25.4 Å². The van der Waals surface area contributed by atoms with Gasteiger partial charge in [0.1, 0.15) is 5.82 Å². The van der Waals surface area contributed by atoms with E-state index in [1.807, 2.05) is 31.2 Å². The summed E-state index contributed by atoms with van der Waals surface area (Å²) in [6.07, 6.45) is 1.56. The number of pyridine rings is 1. The summed E-state index contributed by atoms with van der Waals surface area (Å²) in [4.78, 5) is 16.4. The van der Waals surface area contributed by atoms with E-state index in [0.717, 1.165) is 23.6 Å². The van der Waals surface area contributed by atoms with Crippen molar-refractivity contribution in [3.8, 4) is 0 Å². The Bertz CT molecular complexity index is 597. The molecule has 0 saturated carbocycles. The predicted octanol–water partition coefficient (Wildman–Crippen LogP) is 2.91. The first-order valence-electron chi connectivity index (χ1n) is 6.82. The van der Waals surface area contributed by atoms with Gasteiger partial charge in [0, 0.05) is 31.1 Å². The molecule has 110 valence electrons. The average Bonchev–Trinajstić information content (AvgIpc) is 2.50. The molecule has 0 spiro atoms. The van der Waals surface area contributed by atoms with Crippen LogP contribution in [-0.2, 0) is 11.3 Å². The van der Waals surface area contributed by atoms with Gasteiger partial charge in [-0.25, -0.2) is 4.98 Å². The van der Waals surface area contributed by atoms with Gasteiger partial charge in [-0.05, 0) is 25.1 Å². The van der Waals surface area contributed by atoms with E-state index in [1.165, 1.54) is 0 Å². The maximum atomic E-state index is 12.2. The van der Waals surface area contributed by atoms with Crippen molar-refractivity contribution in [2.75, 3.05) is 24.3 Å². The highest BCUT2D eigenvalue weighted by Crippen LogP contribution is 2.17. The lowest BCUT2D eigenvalue weighted by Gasteiger charge is -2.10. The number of hydrogen-bond acceptors (Lipinski definition) is 4. The van der Waals surface area contributed by atoms with Gasteiger partial charge < -0.3 is 15.4 Å². The molecule has 5 nitrogen and oxygen atoms in total. The zero-order valence-electron chi connectivity index (χ0n) is 12.2. The first-order chi connectivity index (χ1) is 10.2. The zero-order valence-corrected chi connectivity index (χ0v) is 12.2. The maximum absolute atomic E-state index is 12.2. The van der Waals surface area contributed by atoms with Crippen LogP contribution in [0.5, 0.6) is 0 Å². The standard InChI is InChI=1S/C16H19N3O2/c1-3-17-15-9-8-12(10-18-15)16(20)19-14-7-5-4-6-13(14)11-21-2/h4-10H,3,11H2,1-2H3,(H,17,18)(H,19,20). The van der Waals surface area contributed by atoms with E-state index in [4.69, 9.17) is 4.74 Å². The maximum Gasteiger partial charge on any atom is 0.257 e. The summed E-state index contributed by atoms with van der Waals surface area (Å²) >= 11 is 0. The van der Waals surface area contributed by atoms with Crippen molar-refractivity contribution in [2.24, 2.45) is 0 Å². The van der Waals surface area contributed by atoms with E-state index in [2.05, 4.69) is 15.6 Å². The molecule has 0 bridgehead atoms. The Morgan fingerprint density at radius 3 is 2.71 bits per heavy atom. The van der Waals surface area contributed by atoms with Gasteiger partial charge in [0.2, 0.25) is 0 Å². The number of para-hydroxylation sites is 1. The summed E-state index contributed by atoms with van der Waals surface area (Å²) in [5.74, 6) is 0.572. The van der Waals surface area contributed by atoms with Crippen LogP contribution in [0.4, 0.5) is 11.5 Å². The number of anilines is 2. The molecule has 2 aromatic rings. The van der Waals surface area contributed by atoms with Gasteiger partial charge in [0.05, 0.1) is 12.2 Å². The van der Waals surface area contributed by atoms with Crippen molar-refractivity contribution in [3.63, 3.8) is 0 Å². The van der Waals surface area contributed by atoms with Gasteiger partial charge in [-0.15, -0.1) is 0 Å². The van der Waals surface area contributed by atoms with Crippen LogP contribution in [0.3, 0.4) is 0 Å². The van der Waals surface area contributed by atoms with Crippen molar-refractivity contribution in [1.82, 2.24) is 4.98 Å². The summed E-state index contributed by atoms with van der Waals surface area (Å²) in [6.45, 7) is 3.24. The van der Waals surface area contributed by atoms with Crippen LogP contribution in [0.2, 0.25) is 0 Å². The van der Waals surface area contributed by atoms with Crippen molar-refractivity contribution in [3.05, 3.63) is 53.7 Å². The van der Waals surface area contributed by atoms with E-state index in [9.17, 15) is 4.79 Å². The van der Waals surface area contributed by atoms with Gasteiger partial charge in [-0.2, -0.15) is 0 Å². The Labute approximate surface area is 124 Å². The highest BCUT2D eigenvalue weighted by molar-refractivity contribution is 6.04. The van der Waals surface area contributed by atoms with E-state index >= 15 is 0 Å². The molecule has 0 aliphatic heterocycles. The number of aromatic nitrogens is 1. The lowest BCUT2D eigenvalue weighted by atomic mass is 10.1. The van der Waals surface area contributed by atoms with Crippen molar-refractivity contribution < 1.29 is 9.53 Å². The van der Waals surface area contributed by atoms with Crippen LogP contribution < -0.4 is 10.6 Å². The topological polar surface area (TPSA) is 63.2 Å². The molecule has 0 atom stereocenters. The first kappa shape index (κ1) is 15.0. The monoisotopic (exact) mass is 285 g/mol. The largest absolute Gasteiger partial charge is 0.380 e. The molecule has 1 amide bonds. The molecular formula is C16H19N3O2. The van der Waals surface area contributed by atoms with Gasteiger partial charge in [-0.3, -0.25) is 4.79 Å². The minimum absolute atomic E-state index is 0.186. The third kappa shape index (κ3) is 4.03. The molecule has 5 heteroatoms. The summed E-state index contributed by atoms with van der Waals surface area (Å²) in [6, 6.07) is 11.1. The second-order valence-electron chi connectivity index (χ2n) is 4.51. The molecule has 1 aromatic carbocycles. The van der Waals surface area contributed by atoms with E-state index in [-0.39, 0.29) is 5.91 Å². The van der Waals surface area contributed by atoms with Crippen LogP contribution in [-0.4, -0.2) is 24.5 Å². The summed E-state index contributed by atoms with van der Waals surface area (Å²) in [5, 5.41) is 5.97. The molecule has 0 radical (unpaired) electrons. The number of methoxy groups -OCH3 is 1. The average molecular weight is 285 g/mol. The number of amides is 1. The molecule has 2 N–H and O–H groups in total. The van der Waals surface area contributed by atoms with Crippen molar-refractivity contribution >= 4 is 17.4 Å². The summed E-state index contributed by atoms with van der Waals surface area (Å²) in [7, 11) is 1.63. The Morgan fingerprint density at radius 1 is 1.24 bits per heavy atom. The van der Waals surface area contributed by atoms with Crippen molar-refractivity contribution in [2.45, 2.75) is 13.5 Å². The molecule has 0 saturated heterocycles. The quantitative estimate of drug-likeness (QED) is 0.856. The van der Waals surface area contributed by atoms with Gasteiger partial charge in [-0.1, -0.05) is 18.2 Å². The molecule has 0 unspecified atom stereocenters. The Morgan fingerprint density at radius 2 is 2.05 bits per heavy atom. The lowest BCUT2D eigenvalue weighted by Crippen LogP contribution is -2.14.